The summed E-state index contributed by atoms with van der Waals surface area (Å²) in [6, 6.07) is 0. The number of hydrogen-bond donors (Lipinski definition) is 1. The van der Waals surface area contributed by atoms with Gasteiger partial charge in [-0.3, -0.25) is 4.79 Å². The normalized spacial score (nSPS) is 26.0. The van der Waals surface area contributed by atoms with Crippen molar-refractivity contribution in [2.75, 3.05) is 19.7 Å². The van der Waals surface area contributed by atoms with Crippen LogP contribution in [0.2, 0.25) is 0 Å². The van der Waals surface area contributed by atoms with Gasteiger partial charge in [-0.25, -0.2) is 0 Å². The Morgan fingerprint density at radius 3 is 2.69 bits per heavy atom. The zero-order valence-electron chi connectivity index (χ0n) is 9.78. The van der Waals surface area contributed by atoms with Gasteiger partial charge in [0.25, 0.3) is 0 Å². The Labute approximate surface area is 103 Å². The van der Waals surface area contributed by atoms with Crippen LogP contribution in [0.5, 0.6) is 0 Å². The zero-order chi connectivity index (χ0) is 10.9. The molecule has 0 aromatic carbocycles. The van der Waals surface area contributed by atoms with Gasteiger partial charge in [-0.05, 0) is 32.6 Å². The van der Waals surface area contributed by atoms with E-state index in [9.17, 15) is 4.79 Å². The lowest BCUT2D eigenvalue weighted by Gasteiger charge is -2.26. The van der Waals surface area contributed by atoms with Crippen molar-refractivity contribution < 1.29 is 9.53 Å². The van der Waals surface area contributed by atoms with Gasteiger partial charge in [0.05, 0.1) is 11.6 Å². The highest BCUT2D eigenvalue weighted by molar-refractivity contribution is 5.89. The summed E-state index contributed by atoms with van der Waals surface area (Å²) in [6.07, 6.45) is 4.10. The largest absolute Gasteiger partial charge is 0.376 e. The first-order valence-electron chi connectivity index (χ1n) is 5.85. The highest BCUT2D eigenvalue weighted by Crippen LogP contribution is 2.34. The summed E-state index contributed by atoms with van der Waals surface area (Å²) in [5, 5.41) is 0. The van der Waals surface area contributed by atoms with Gasteiger partial charge in [0.2, 0.25) is 5.91 Å². The van der Waals surface area contributed by atoms with E-state index >= 15 is 0 Å². The number of likely N-dealkylation sites (N-methyl/N-ethyl adjacent to an activating group) is 1. The Balaban J connectivity index is 0.00000128. The summed E-state index contributed by atoms with van der Waals surface area (Å²) < 4.78 is 5.53. The van der Waals surface area contributed by atoms with Gasteiger partial charge in [0.15, 0.2) is 0 Å². The molecule has 5 heteroatoms. The van der Waals surface area contributed by atoms with Crippen LogP contribution in [0.3, 0.4) is 0 Å². The van der Waals surface area contributed by atoms with Crippen LogP contribution in [0.1, 0.15) is 32.6 Å². The number of amides is 1. The molecular weight excluding hydrogens is 228 g/mol. The van der Waals surface area contributed by atoms with E-state index in [4.69, 9.17) is 10.5 Å². The van der Waals surface area contributed by atoms with Gasteiger partial charge in [-0.15, -0.1) is 12.4 Å². The predicted octanol–water partition coefficient (Wildman–Crippen LogP) is 0.927. The summed E-state index contributed by atoms with van der Waals surface area (Å²) in [6.45, 7) is 4.29. The second-order valence-electron chi connectivity index (χ2n) is 4.63. The molecule has 1 atom stereocenters. The number of hydrogen-bond acceptors (Lipinski definition) is 3. The van der Waals surface area contributed by atoms with Gasteiger partial charge in [-0.2, -0.15) is 0 Å². The van der Waals surface area contributed by atoms with Crippen LogP contribution >= 0.6 is 12.4 Å². The number of nitrogens with zero attached hydrogens (tertiary/aromatic N) is 1. The molecular formula is C11H21ClN2O2. The van der Waals surface area contributed by atoms with Crippen molar-refractivity contribution in [3.8, 4) is 0 Å². The molecule has 16 heavy (non-hydrogen) atoms. The van der Waals surface area contributed by atoms with E-state index in [-0.39, 0.29) is 24.4 Å². The zero-order valence-corrected chi connectivity index (χ0v) is 10.6. The maximum absolute atomic E-state index is 12.0. The van der Waals surface area contributed by atoms with Gasteiger partial charge in [0.1, 0.15) is 0 Å². The van der Waals surface area contributed by atoms with Gasteiger partial charge in [0, 0.05) is 19.7 Å². The van der Waals surface area contributed by atoms with Crippen molar-refractivity contribution in [3.63, 3.8) is 0 Å². The third-order valence-corrected chi connectivity index (χ3v) is 3.33. The number of rotatable bonds is 4. The lowest BCUT2D eigenvalue weighted by molar-refractivity contribution is -0.134. The fourth-order valence-corrected chi connectivity index (χ4v) is 2.05. The lowest BCUT2D eigenvalue weighted by Crippen LogP contribution is -2.48. The van der Waals surface area contributed by atoms with E-state index in [2.05, 4.69) is 0 Å². The van der Waals surface area contributed by atoms with Crippen molar-refractivity contribution in [2.45, 2.75) is 44.2 Å². The lowest BCUT2D eigenvalue weighted by atomic mass is 10.2. The second kappa shape index (κ2) is 5.34. The third kappa shape index (κ3) is 2.87. The molecule has 2 N–H and O–H groups in total. The van der Waals surface area contributed by atoms with Gasteiger partial charge < -0.3 is 15.4 Å². The number of halogens is 1. The van der Waals surface area contributed by atoms with Crippen LogP contribution in [-0.4, -0.2) is 42.1 Å². The molecule has 1 aliphatic heterocycles. The average molecular weight is 249 g/mol. The SMILES string of the molecule is CCN(CC1CCCO1)C(=O)C1(N)CC1.Cl. The van der Waals surface area contributed by atoms with Crippen molar-refractivity contribution >= 4 is 18.3 Å². The van der Waals surface area contributed by atoms with Crippen LogP contribution in [0.15, 0.2) is 0 Å². The first kappa shape index (κ1) is 13.7. The smallest absolute Gasteiger partial charge is 0.242 e. The van der Waals surface area contributed by atoms with Crippen LogP contribution in [0, 0.1) is 0 Å². The molecule has 1 amide bonds. The maximum Gasteiger partial charge on any atom is 0.242 e. The molecule has 1 saturated heterocycles. The Kier molecular flexibility index (Phi) is 4.59. The molecule has 2 rings (SSSR count). The number of carbonyl (C=O) groups is 1. The van der Waals surface area contributed by atoms with Crippen LogP contribution < -0.4 is 5.73 Å². The molecule has 4 nitrogen and oxygen atoms in total. The van der Waals surface area contributed by atoms with E-state index in [1.165, 1.54) is 0 Å². The number of nitrogens with two attached hydrogens (primary N) is 1. The average Bonchev–Trinajstić information content (AvgIpc) is 2.80. The molecule has 0 spiro atoms. The summed E-state index contributed by atoms with van der Waals surface area (Å²) in [5.74, 6) is 0.112. The monoisotopic (exact) mass is 248 g/mol. The Hall–Kier alpha value is -0.320. The molecule has 0 bridgehead atoms. The fraction of sp³-hybridized carbons (Fsp3) is 0.909. The molecule has 0 radical (unpaired) electrons. The first-order chi connectivity index (χ1) is 7.15. The van der Waals surface area contributed by atoms with Gasteiger partial charge in [-0.1, -0.05) is 0 Å². The van der Waals surface area contributed by atoms with Gasteiger partial charge >= 0.3 is 0 Å². The minimum atomic E-state index is -0.533. The number of ether oxygens (including phenoxy) is 1. The summed E-state index contributed by atoms with van der Waals surface area (Å²) >= 11 is 0. The van der Waals surface area contributed by atoms with E-state index < -0.39 is 5.54 Å². The van der Waals surface area contributed by atoms with E-state index in [0.29, 0.717) is 6.54 Å². The second-order valence-corrected chi connectivity index (χ2v) is 4.63. The quantitative estimate of drug-likeness (QED) is 0.805. The van der Waals surface area contributed by atoms with Crippen molar-refractivity contribution in [1.29, 1.82) is 0 Å². The molecule has 1 saturated carbocycles. The van der Waals surface area contributed by atoms with Crippen molar-refractivity contribution in [2.24, 2.45) is 5.73 Å². The molecule has 2 fully saturated rings. The predicted molar refractivity (Wildman–Crippen MR) is 64.6 cm³/mol. The van der Waals surface area contributed by atoms with E-state index in [1.807, 2.05) is 11.8 Å². The molecule has 0 aromatic heterocycles. The van der Waals surface area contributed by atoms with Crippen molar-refractivity contribution in [3.05, 3.63) is 0 Å². The standard InChI is InChI=1S/C11H20N2O2.ClH/c1-2-13(8-9-4-3-7-15-9)10(14)11(12)5-6-11;/h9H,2-8,12H2,1H3;1H. The summed E-state index contributed by atoms with van der Waals surface area (Å²) in [4.78, 5) is 13.8. The summed E-state index contributed by atoms with van der Waals surface area (Å²) in [5.41, 5.74) is 5.38. The third-order valence-electron chi connectivity index (χ3n) is 3.33. The number of carbonyl (C=O) groups excluding carboxylic acids is 1. The molecule has 1 heterocycles. The minimum Gasteiger partial charge on any atom is -0.376 e. The van der Waals surface area contributed by atoms with E-state index in [1.54, 1.807) is 0 Å². The summed E-state index contributed by atoms with van der Waals surface area (Å²) in [7, 11) is 0. The Morgan fingerprint density at radius 1 is 1.56 bits per heavy atom. The van der Waals surface area contributed by atoms with Crippen molar-refractivity contribution in [1.82, 2.24) is 4.90 Å². The van der Waals surface area contributed by atoms with Crippen LogP contribution in [0.4, 0.5) is 0 Å². The first-order valence-corrected chi connectivity index (χ1v) is 5.85. The molecule has 2 aliphatic rings. The Morgan fingerprint density at radius 2 is 2.25 bits per heavy atom. The molecule has 1 aliphatic carbocycles. The highest BCUT2D eigenvalue weighted by atomic mass is 35.5. The maximum atomic E-state index is 12.0. The Bertz CT molecular complexity index is 250. The van der Waals surface area contributed by atoms with E-state index in [0.717, 1.165) is 38.8 Å². The van der Waals surface area contributed by atoms with Crippen LogP contribution in [0.25, 0.3) is 0 Å². The fourth-order valence-electron chi connectivity index (χ4n) is 2.05. The molecule has 94 valence electrons. The topological polar surface area (TPSA) is 55.6 Å². The molecule has 0 aromatic rings. The minimum absolute atomic E-state index is 0. The van der Waals surface area contributed by atoms with Crippen LogP contribution in [-0.2, 0) is 9.53 Å². The highest BCUT2D eigenvalue weighted by Gasteiger charge is 2.48. The molecule has 1 unspecified atom stereocenters.